The molecule has 0 aliphatic rings. The Labute approximate surface area is 97.8 Å². The average molecular weight is 248 g/mol. The summed E-state index contributed by atoms with van der Waals surface area (Å²) in [5.41, 5.74) is 5.83. The van der Waals surface area contributed by atoms with Crippen molar-refractivity contribution in [3.63, 3.8) is 0 Å². The van der Waals surface area contributed by atoms with Crippen LogP contribution in [0.25, 0.3) is 0 Å². The quantitative estimate of drug-likeness (QED) is 0.836. The molecule has 1 heterocycles. The normalized spacial score (nSPS) is 13.6. The first kappa shape index (κ1) is 13.9. The van der Waals surface area contributed by atoms with Crippen molar-refractivity contribution in [1.82, 2.24) is 4.98 Å². The second kappa shape index (κ2) is 6.56. The summed E-state index contributed by atoms with van der Waals surface area (Å²) in [4.78, 5) is 4.00. The molecule has 0 aliphatic carbocycles. The number of alkyl halides is 3. The minimum Gasteiger partial charge on any atom is -0.368 e. The zero-order valence-corrected chi connectivity index (χ0v) is 9.28. The molecular formula is C11H15F3N2O. The molecule has 3 nitrogen and oxygen atoms in total. The molecule has 1 aromatic rings. The minimum atomic E-state index is -4.36. The van der Waals surface area contributed by atoms with Gasteiger partial charge in [-0.15, -0.1) is 0 Å². The van der Waals surface area contributed by atoms with Crippen LogP contribution in [-0.2, 0) is 11.2 Å². The van der Waals surface area contributed by atoms with E-state index < -0.39 is 12.3 Å². The van der Waals surface area contributed by atoms with Crippen LogP contribution in [0.5, 0.6) is 0 Å². The summed E-state index contributed by atoms with van der Waals surface area (Å²) >= 11 is 0. The highest BCUT2D eigenvalue weighted by atomic mass is 19.4. The number of hydrogen-bond acceptors (Lipinski definition) is 3. The molecule has 0 radical (unpaired) electrons. The van der Waals surface area contributed by atoms with Gasteiger partial charge in [-0.25, -0.2) is 0 Å². The molecule has 0 saturated heterocycles. The smallest absolute Gasteiger partial charge is 0.368 e. The minimum absolute atomic E-state index is 0.0127. The topological polar surface area (TPSA) is 48.1 Å². The average Bonchev–Trinajstić information content (AvgIpc) is 2.28. The van der Waals surface area contributed by atoms with Gasteiger partial charge in [-0.3, -0.25) is 4.98 Å². The van der Waals surface area contributed by atoms with E-state index >= 15 is 0 Å². The highest BCUT2D eigenvalue weighted by Gasteiger charge is 2.39. The third-order valence-corrected chi connectivity index (χ3v) is 2.20. The SMILES string of the molecule is NCCC(OCCc1ccccn1)C(F)(F)F. The standard InChI is InChI=1S/C11H15F3N2O/c12-11(13,14)10(4-6-15)17-8-5-9-3-1-2-7-16-9/h1-3,7,10H,4-6,8,15H2. The lowest BCUT2D eigenvalue weighted by Crippen LogP contribution is -2.34. The number of nitrogens with two attached hydrogens (primary N) is 1. The third-order valence-electron chi connectivity index (χ3n) is 2.20. The molecule has 1 unspecified atom stereocenters. The lowest BCUT2D eigenvalue weighted by Gasteiger charge is -2.19. The van der Waals surface area contributed by atoms with Crippen molar-refractivity contribution in [3.8, 4) is 0 Å². The van der Waals surface area contributed by atoms with Crippen molar-refractivity contribution in [2.24, 2.45) is 5.73 Å². The van der Waals surface area contributed by atoms with E-state index in [1.54, 1.807) is 24.4 Å². The van der Waals surface area contributed by atoms with E-state index in [1.165, 1.54) is 0 Å². The summed E-state index contributed by atoms with van der Waals surface area (Å²) in [7, 11) is 0. The van der Waals surface area contributed by atoms with E-state index in [9.17, 15) is 13.2 Å². The van der Waals surface area contributed by atoms with Crippen molar-refractivity contribution in [2.45, 2.75) is 25.1 Å². The van der Waals surface area contributed by atoms with Gasteiger partial charge in [0.1, 0.15) is 0 Å². The Morgan fingerprint density at radius 2 is 2.12 bits per heavy atom. The van der Waals surface area contributed by atoms with Gasteiger partial charge in [0.05, 0.1) is 6.61 Å². The summed E-state index contributed by atoms with van der Waals surface area (Å²) in [5.74, 6) is 0. The van der Waals surface area contributed by atoms with Crippen LogP contribution < -0.4 is 5.73 Å². The molecule has 0 fully saturated rings. The summed E-state index contributed by atoms with van der Waals surface area (Å²) in [6, 6.07) is 5.27. The number of rotatable bonds is 6. The van der Waals surface area contributed by atoms with Crippen LogP contribution in [0, 0.1) is 0 Å². The maximum absolute atomic E-state index is 12.4. The Kier molecular flexibility index (Phi) is 5.37. The molecule has 0 saturated carbocycles. The monoisotopic (exact) mass is 248 g/mol. The Bertz CT molecular complexity index is 316. The van der Waals surface area contributed by atoms with Crippen LogP contribution >= 0.6 is 0 Å². The van der Waals surface area contributed by atoms with Crippen LogP contribution in [0.3, 0.4) is 0 Å². The van der Waals surface area contributed by atoms with E-state index in [2.05, 4.69) is 4.98 Å². The fraction of sp³-hybridized carbons (Fsp3) is 0.545. The Balaban J connectivity index is 2.37. The van der Waals surface area contributed by atoms with E-state index in [0.29, 0.717) is 12.1 Å². The van der Waals surface area contributed by atoms with Crippen LogP contribution in [0.4, 0.5) is 13.2 Å². The third kappa shape index (κ3) is 5.14. The second-order valence-corrected chi connectivity index (χ2v) is 3.55. The van der Waals surface area contributed by atoms with Crippen LogP contribution in [0.1, 0.15) is 12.1 Å². The molecule has 0 bridgehead atoms. The zero-order chi connectivity index (χ0) is 12.7. The van der Waals surface area contributed by atoms with Gasteiger partial charge in [0.15, 0.2) is 6.10 Å². The van der Waals surface area contributed by atoms with Crippen molar-refractivity contribution in [2.75, 3.05) is 13.2 Å². The molecule has 0 aromatic carbocycles. The molecule has 0 aliphatic heterocycles. The molecule has 96 valence electrons. The number of halogens is 3. The first-order valence-corrected chi connectivity index (χ1v) is 5.32. The predicted octanol–water partition coefficient (Wildman–Crippen LogP) is 1.92. The molecule has 6 heteroatoms. The van der Waals surface area contributed by atoms with E-state index in [-0.39, 0.29) is 19.6 Å². The Morgan fingerprint density at radius 3 is 2.65 bits per heavy atom. The molecule has 1 rings (SSSR count). The lowest BCUT2D eigenvalue weighted by molar-refractivity contribution is -0.221. The van der Waals surface area contributed by atoms with Gasteiger partial charge in [0.25, 0.3) is 0 Å². The van der Waals surface area contributed by atoms with Crippen molar-refractivity contribution in [1.29, 1.82) is 0 Å². The molecule has 0 amide bonds. The highest BCUT2D eigenvalue weighted by Crippen LogP contribution is 2.25. The molecule has 0 spiro atoms. The number of ether oxygens (including phenoxy) is 1. The first-order valence-electron chi connectivity index (χ1n) is 5.32. The summed E-state index contributed by atoms with van der Waals surface area (Å²) in [6.45, 7) is -0.0606. The van der Waals surface area contributed by atoms with E-state index in [4.69, 9.17) is 10.5 Å². The number of hydrogen-bond donors (Lipinski definition) is 1. The second-order valence-electron chi connectivity index (χ2n) is 3.55. The van der Waals surface area contributed by atoms with Crippen molar-refractivity contribution >= 4 is 0 Å². The fourth-order valence-corrected chi connectivity index (χ4v) is 1.34. The van der Waals surface area contributed by atoms with Crippen molar-refractivity contribution in [3.05, 3.63) is 30.1 Å². The molecule has 2 N–H and O–H groups in total. The van der Waals surface area contributed by atoms with Gasteiger partial charge >= 0.3 is 6.18 Å². The maximum atomic E-state index is 12.4. The first-order chi connectivity index (χ1) is 8.04. The van der Waals surface area contributed by atoms with Gasteiger partial charge in [-0.2, -0.15) is 13.2 Å². The lowest BCUT2D eigenvalue weighted by atomic mass is 10.2. The Hall–Kier alpha value is -1.14. The zero-order valence-electron chi connectivity index (χ0n) is 9.28. The largest absolute Gasteiger partial charge is 0.414 e. The van der Waals surface area contributed by atoms with Crippen LogP contribution in [0.15, 0.2) is 24.4 Å². The van der Waals surface area contributed by atoms with E-state index in [0.717, 1.165) is 0 Å². The van der Waals surface area contributed by atoms with Gasteiger partial charge < -0.3 is 10.5 Å². The molecule has 1 atom stereocenters. The van der Waals surface area contributed by atoms with Gasteiger partial charge in [-0.05, 0) is 25.1 Å². The van der Waals surface area contributed by atoms with Gasteiger partial charge in [0.2, 0.25) is 0 Å². The highest BCUT2D eigenvalue weighted by molar-refractivity contribution is 5.03. The van der Waals surface area contributed by atoms with Crippen LogP contribution in [0.2, 0.25) is 0 Å². The molecule has 17 heavy (non-hydrogen) atoms. The van der Waals surface area contributed by atoms with Crippen molar-refractivity contribution < 1.29 is 17.9 Å². The summed E-state index contributed by atoms with van der Waals surface area (Å²) < 4.78 is 42.1. The fourth-order valence-electron chi connectivity index (χ4n) is 1.34. The van der Waals surface area contributed by atoms with Gasteiger partial charge in [0, 0.05) is 18.3 Å². The number of aromatic nitrogens is 1. The Morgan fingerprint density at radius 1 is 1.35 bits per heavy atom. The molecular weight excluding hydrogens is 233 g/mol. The summed E-state index contributed by atoms with van der Waals surface area (Å²) in [5, 5.41) is 0. The number of pyridine rings is 1. The predicted molar refractivity (Wildman–Crippen MR) is 57.4 cm³/mol. The summed E-state index contributed by atoms with van der Waals surface area (Å²) in [6.07, 6.45) is -4.40. The van der Waals surface area contributed by atoms with Crippen LogP contribution in [-0.4, -0.2) is 30.4 Å². The number of nitrogens with zero attached hydrogens (tertiary/aromatic N) is 1. The van der Waals surface area contributed by atoms with E-state index in [1.807, 2.05) is 0 Å². The molecule has 1 aromatic heterocycles. The maximum Gasteiger partial charge on any atom is 0.414 e. The van der Waals surface area contributed by atoms with Gasteiger partial charge in [-0.1, -0.05) is 6.07 Å².